The molecule has 0 aliphatic heterocycles. The van der Waals surface area contributed by atoms with Crippen LogP contribution in [0.25, 0.3) is 0 Å². The van der Waals surface area contributed by atoms with E-state index in [1.165, 1.54) is 17.3 Å². The average Bonchev–Trinajstić information content (AvgIpc) is 2.99. The van der Waals surface area contributed by atoms with E-state index in [1.54, 1.807) is 0 Å². The number of hydrogen-bond donors (Lipinski definition) is 1. The minimum Gasteiger partial charge on any atom is -0.497 e. The van der Waals surface area contributed by atoms with Gasteiger partial charge in [-0.25, -0.2) is 4.98 Å². The molecule has 1 aromatic heterocycles. The Morgan fingerprint density at radius 3 is 2.68 bits per heavy atom. The summed E-state index contributed by atoms with van der Waals surface area (Å²) in [5.74, 6) is 1.18. The molecule has 0 aliphatic rings. The zero-order chi connectivity index (χ0) is 16.2. The quantitative estimate of drug-likeness (QED) is 0.302. The van der Waals surface area contributed by atoms with Gasteiger partial charge in [-0.2, -0.15) is 9.78 Å². The van der Waals surface area contributed by atoms with E-state index >= 15 is 0 Å². The van der Waals surface area contributed by atoms with Crippen LogP contribution in [0.2, 0.25) is 19.6 Å². The van der Waals surface area contributed by atoms with Crippen molar-refractivity contribution in [3.05, 3.63) is 42.0 Å². The lowest BCUT2D eigenvalue weighted by atomic mass is 10.0. The van der Waals surface area contributed by atoms with E-state index in [9.17, 15) is 5.21 Å². The topological polar surface area (TPSA) is 72.5 Å². The molecule has 0 unspecified atom stereocenters. The molecule has 2 aromatic rings. The Bertz CT molecular complexity index is 648. The Balaban J connectivity index is 2.40. The molecule has 0 aliphatic carbocycles. The molecule has 0 bridgehead atoms. The van der Waals surface area contributed by atoms with Crippen LogP contribution < -0.4 is 4.74 Å². The summed E-state index contributed by atoms with van der Waals surface area (Å²) < 4.78 is 7.47. The maximum absolute atomic E-state index is 9.39. The molecule has 1 aromatic carbocycles. The van der Waals surface area contributed by atoms with Gasteiger partial charge in [0.05, 0.1) is 14.3 Å². The van der Waals surface area contributed by atoms with Crippen LogP contribution in [0.5, 0.6) is 5.75 Å². The second kappa shape index (κ2) is 6.74. The molecule has 6 nitrogen and oxygen atoms in total. The van der Waals surface area contributed by atoms with Crippen molar-refractivity contribution >= 4 is 13.9 Å². The molecular formula is C15H22N4O2Si. The minimum atomic E-state index is -1.31. The molecule has 0 amide bonds. The Labute approximate surface area is 131 Å². The summed E-state index contributed by atoms with van der Waals surface area (Å²) in [6, 6.07) is 5.76. The highest BCUT2D eigenvalue weighted by Gasteiger charge is 2.19. The number of oxime groups is 1. The van der Waals surface area contributed by atoms with Crippen LogP contribution in [-0.2, 0) is 6.42 Å². The number of rotatable bonds is 5. The number of benzene rings is 1. The van der Waals surface area contributed by atoms with Crippen LogP contribution in [0, 0.1) is 0 Å². The highest BCUT2D eigenvalue weighted by atomic mass is 28.3. The molecule has 1 heterocycles. The summed E-state index contributed by atoms with van der Waals surface area (Å²) in [6.07, 6.45) is 4.43. The lowest BCUT2D eigenvalue weighted by Crippen LogP contribution is -2.30. The summed E-state index contributed by atoms with van der Waals surface area (Å²) >= 11 is 0. The summed E-state index contributed by atoms with van der Waals surface area (Å²) in [5.41, 5.74) is 1.80. The fraction of sp³-hybridized carbons (Fsp3) is 0.400. The predicted molar refractivity (Wildman–Crippen MR) is 88.4 cm³/mol. The van der Waals surface area contributed by atoms with Gasteiger partial charge in [0, 0.05) is 11.1 Å². The molecule has 0 fully saturated rings. The molecule has 0 spiro atoms. The second-order valence-corrected chi connectivity index (χ2v) is 11.7. The van der Waals surface area contributed by atoms with E-state index in [1.807, 2.05) is 18.2 Å². The van der Waals surface area contributed by atoms with Gasteiger partial charge in [0.15, 0.2) is 0 Å². The van der Waals surface area contributed by atoms with Crippen molar-refractivity contribution in [1.82, 2.24) is 14.8 Å². The Morgan fingerprint density at radius 1 is 1.36 bits per heavy atom. The van der Waals surface area contributed by atoms with E-state index in [0.717, 1.165) is 29.5 Å². The third kappa shape index (κ3) is 3.73. The van der Waals surface area contributed by atoms with Gasteiger partial charge in [-0.05, 0) is 12.5 Å². The van der Waals surface area contributed by atoms with Gasteiger partial charge in [-0.15, -0.1) is 0 Å². The number of ether oxygens (including phenoxy) is 1. The Kier molecular flexibility index (Phi) is 4.97. The van der Waals surface area contributed by atoms with Gasteiger partial charge in [0.25, 0.3) is 0 Å². The summed E-state index contributed by atoms with van der Waals surface area (Å²) in [4.78, 5) is 3.90. The molecule has 2 rings (SSSR count). The van der Waals surface area contributed by atoms with Crippen LogP contribution in [0.1, 0.15) is 18.1 Å². The van der Waals surface area contributed by atoms with Gasteiger partial charge in [-0.1, -0.05) is 43.9 Å². The molecular weight excluding hydrogens is 296 g/mol. The summed E-state index contributed by atoms with van der Waals surface area (Å²) in [5, 5.41) is 16.8. The standard InChI is InChI=1S/C15H22N4O2Si/c1-5-12-13(15(18-20)19-10-16-9-17-19)7-6-8-14(12)21-11-22(2,3)4/h6-10,20H,5,11H2,1-4H3. The SMILES string of the molecule is CCc1c(OC[Si](C)(C)C)cccc1C(=NO)n1cncn1. The molecule has 0 saturated heterocycles. The Morgan fingerprint density at radius 2 is 2.14 bits per heavy atom. The number of nitrogens with zero attached hydrogens (tertiary/aromatic N) is 4. The lowest BCUT2D eigenvalue weighted by molar-refractivity contribution is 0.316. The maximum atomic E-state index is 9.39. The summed E-state index contributed by atoms with van der Waals surface area (Å²) in [7, 11) is -1.31. The van der Waals surface area contributed by atoms with Crippen LogP contribution >= 0.6 is 0 Å². The Hall–Kier alpha value is -2.15. The van der Waals surface area contributed by atoms with Crippen LogP contribution in [0.3, 0.4) is 0 Å². The molecule has 0 atom stereocenters. The normalized spacial score (nSPS) is 12.5. The van der Waals surface area contributed by atoms with E-state index < -0.39 is 8.07 Å². The highest BCUT2D eigenvalue weighted by molar-refractivity contribution is 6.76. The zero-order valence-electron chi connectivity index (χ0n) is 13.4. The molecule has 22 heavy (non-hydrogen) atoms. The van der Waals surface area contributed by atoms with Crippen molar-refractivity contribution in [2.24, 2.45) is 5.16 Å². The largest absolute Gasteiger partial charge is 0.497 e. The van der Waals surface area contributed by atoms with Gasteiger partial charge in [0.1, 0.15) is 18.4 Å². The smallest absolute Gasteiger partial charge is 0.201 e. The second-order valence-electron chi connectivity index (χ2n) is 6.25. The predicted octanol–water partition coefficient (Wildman–Crippen LogP) is 2.78. The van der Waals surface area contributed by atoms with E-state index in [0.29, 0.717) is 5.84 Å². The van der Waals surface area contributed by atoms with Gasteiger partial charge in [-0.3, -0.25) is 0 Å². The van der Waals surface area contributed by atoms with Gasteiger partial charge >= 0.3 is 0 Å². The highest BCUT2D eigenvalue weighted by Crippen LogP contribution is 2.25. The monoisotopic (exact) mass is 318 g/mol. The van der Waals surface area contributed by atoms with Gasteiger partial charge < -0.3 is 9.94 Å². The molecule has 0 radical (unpaired) electrons. The molecule has 7 heteroatoms. The third-order valence-electron chi connectivity index (χ3n) is 3.12. The molecule has 0 saturated carbocycles. The van der Waals surface area contributed by atoms with Crippen molar-refractivity contribution in [3.63, 3.8) is 0 Å². The third-order valence-corrected chi connectivity index (χ3v) is 4.13. The van der Waals surface area contributed by atoms with Crippen molar-refractivity contribution < 1.29 is 9.94 Å². The van der Waals surface area contributed by atoms with Crippen LogP contribution in [-0.4, -0.2) is 40.1 Å². The van der Waals surface area contributed by atoms with Crippen molar-refractivity contribution in [1.29, 1.82) is 0 Å². The maximum Gasteiger partial charge on any atom is 0.201 e. The van der Waals surface area contributed by atoms with E-state index in [2.05, 4.69) is 41.8 Å². The van der Waals surface area contributed by atoms with E-state index in [4.69, 9.17) is 4.74 Å². The first-order valence-electron chi connectivity index (χ1n) is 7.28. The minimum absolute atomic E-state index is 0.341. The first-order valence-corrected chi connectivity index (χ1v) is 11.0. The lowest BCUT2D eigenvalue weighted by Gasteiger charge is -2.20. The first kappa shape index (κ1) is 16.2. The van der Waals surface area contributed by atoms with E-state index in [-0.39, 0.29) is 0 Å². The fourth-order valence-electron chi connectivity index (χ4n) is 2.11. The fourth-order valence-corrected chi connectivity index (χ4v) is 2.70. The average molecular weight is 318 g/mol. The number of hydrogen-bond acceptors (Lipinski definition) is 5. The molecule has 1 N–H and O–H groups in total. The zero-order valence-corrected chi connectivity index (χ0v) is 14.4. The van der Waals surface area contributed by atoms with Crippen molar-refractivity contribution in [2.45, 2.75) is 33.0 Å². The van der Waals surface area contributed by atoms with Crippen molar-refractivity contribution in [2.75, 3.05) is 6.23 Å². The van der Waals surface area contributed by atoms with Crippen LogP contribution in [0.15, 0.2) is 36.0 Å². The van der Waals surface area contributed by atoms with Crippen molar-refractivity contribution in [3.8, 4) is 5.75 Å². The summed E-state index contributed by atoms with van der Waals surface area (Å²) in [6.45, 7) is 8.84. The first-order chi connectivity index (χ1) is 10.5. The van der Waals surface area contributed by atoms with Gasteiger partial charge in [0.2, 0.25) is 5.84 Å². The number of aromatic nitrogens is 3. The van der Waals surface area contributed by atoms with Crippen LogP contribution in [0.4, 0.5) is 0 Å². The molecule has 118 valence electrons.